The van der Waals surface area contributed by atoms with Gasteiger partial charge in [-0.1, -0.05) is 75.9 Å². The van der Waals surface area contributed by atoms with Crippen LogP contribution >= 0.6 is 0 Å². The molecular weight excluding hydrogens is 408 g/mol. The third-order valence-electron chi connectivity index (χ3n) is 6.32. The molecule has 0 spiro atoms. The molecule has 3 aromatic rings. The number of nitrogens with zero attached hydrogens (tertiary/aromatic N) is 2. The van der Waals surface area contributed by atoms with Gasteiger partial charge in [-0.25, -0.2) is 5.01 Å². The highest BCUT2D eigenvalue weighted by Crippen LogP contribution is 2.47. The van der Waals surface area contributed by atoms with Crippen LogP contribution in [0.4, 0.5) is 0 Å². The molecule has 0 amide bonds. The van der Waals surface area contributed by atoms with E-state index < -0.39 is 0 Å². The second-order valence-electron chi connectivity index (χ2n) is 9.65. The van der Waals surface area contributed by atoms with E-state index >= 15 is 0 Å². The Kier molecular flexibility index (Phi) is 5.45. The molecule has 5 rings (SSSR count). The van der Waals surface area contributed by atoms with E-state index in [0.717, 1.165) is 34.8 Å². The Hall–Kier alpha value is -3.53. The van der Waals surface area contributed by atoms with Gasteiger partial charge in [0.25, 0.3) is 0 Å². The van der Waals surface area contributed by atoms with Crippen molar-refractivity contribution in [3.05, 3.63) is 108 Å². The summed E-state index contributed by atoms with van der Waals surface area (Å²) in [4.78, 5) is 0. The maximum absolute atomic E-state index is 6.49. The van der Waals surface area contributed by atoms with E-state index in [0.29, 0.717) is 6.61 Å². The van der Waals surface area contributed by atoms with Crippen LogP contribution in [0.15, 0.2) is 90.6 Å². The van der Waals surface area contributed by atoms with Gasteiger partial charge in [0, 0.05) is 17.5 Å². The minimum Gasteiger partial charge on any atom is -0.490 e. The average Bonchev–Trinajstić information content (AvgIpc) is 3.28. The summed E-state index contributed by atoms with van der Waals surface area (Å²) < 4.78 is 12.1. The van der Waals surface area contributed by atoms with Gasteiger partial charge in [-0.2, -0.15) is 5.10 Å². The van der Waals surface area contributed by atoms with E-state index in [1.807, 2.05) is 18.2 Å². The smallest absolute Gasteiger partial charge is 0.213 e. The van der Waals surface area contributed by atoms with Crippen LogP contribution in [0, 0.1) is 0 Å². The molecular formula is C29H30N2O2. The lowest BCUT2D eigenvalue weighted by Gasteiger charge is -2.38. The highest BCUT2D eigenvalue weighted by atomic mass is 16.5. The van der Waals surface area contributed by atoms with Crippen molar-refractivity contribution < 1.29 is 9.47 Å². The number of fused-ring (bicyclic) bond motifs is 3. The number of hydrogen-bond acceptors (Lipinski definition) is 4. The predicted molar refractivity (Wildman–Crippen MR) is 133 cm³/mol. The van der Waals surface area contributed by atoms with Crippen LogP contribution in [0.25, 0.3) is 0 Å². The van der Waals surface area contributed by atoms with Gasteiger partial charge < -0.3 is 9.47 Å². The van der Waals surface area contributed by atoms with Crippen LogP contribution in [-0.4, -0.2) is 17.3 Å². The first-order valence-corrected chi connectivity index (χ1v) is 11.5. The molecule has 0 unspecified atom stereocenters. The normalized spacial score (nSPS) is 19.2. The molecule has 0 fully saturated rings. The van der Waals surface area contributed by atoms with Gasteiger partial charge in [-0.3, -0.25) is 0 Å². The van der Waals surface area contributed by atoms with Crippen molar-refractivity contribution in [2.45, 2.75) is 44.9 Å². The van der Waals surface area contributed by atoms with E-state index in [1.54, 1.807) is 6.08 Å². The van der Waals surface area contributed by atoms with Crippen molar-refractivity contribution in [2.75, 3.05) is 6.61 Å². The molecule has 4 nitrogen and oxygen atoms in total. The first-order valence-electron chi connectivity index (χ1n) is 11.5. The van der Waals surface area contributed by atoms with Crippen LogP contribution in [-0.2, 0) is 5.41 Å². The summed E-state index contributed by atoms with van der Waals surface area (Å²) in [5.74, 6) is 1.77. The quantitative estimate of drug-likeness (QED) is 0.411. The van der Waals surface area contributed by atoms with Crippen LogP contribution in [0.5, 0.6) is 11.5 Å². The van der Waals surface area contributed by atoms with E-state index in [9.17, 15) is 0 Å². The summed E-state index contributed by atoms with van der Waals surface area (Å²) in [6.45, 7) is 10.9. The zero-order chi connectivity index (χ0) is 23.0. The van der Waals surface area contributed by atoms with Crippen LogP contribution in [0.2, 0.25) is 0 Å². The van der Waals surface area contributed by atoms with E-state index in [-0.39, 0.29) is 17.7 Å². The Morgan fingerprint density at radius 1 is 1.03 bits per heavy atom. The molecule has 0 radical (unpaired) electrons. The van der Waals surface area contributed by atoms with Gasteiger partial charge in [0.05, 0.1) is 11.8 Å². The third-order valence-corrected chi connectivity index (χ3v) is 6.32. The summed E-state index contributed by atoms with van der Waals surface area (Å²) in [7, 11) is 0. The lowest BCUT2D eigenvalue weighted by molar-refractivity contribution is -0.0190. The Morgan fingerprint density at radius 2 is 1.76 bits per heavy atom. The Labute approximate surface area is 196 Å². The molecule has 4 heteroatoms. The highest BCUT2D eigenvalue weighted by molar-refractivity contribution is 6.02. The molecule has 0 bridgehead atoms. The molecule has 0 aliphatic carbocycles. The van der Waals surface area contributed by atoms with Crippen LogP contribution < -0.4 is 9.47 Å². The highest BCUT2D eigenvalue weighted by Gasteiger charge is 2.40. The summed E-state index contributed by atoms with van der Waals surface area (Å²) in [6, 6.07) is 25.4. The number of rotatable bonds is 5. The molecule has 0 aromatic heterocycles. The summed E-state index contributed by atoms with van der Waals surface area (Å²) >= 11 is 0. The summed E-state index contributed by atoms with van der Waals surface area (Å²) in [5, 5.41) is 7.20. The van der Waals surface area contributed by atoms with Crippen molar-refractivity contribution in [1.82, 2.24) is 5.01 Å². The van der Waals surface area contributed by atoms with Gasteiger partial charge in [-0.15, -0.1) is 0 Å². The van der Waals surface area contributed by atoms with E-state index in [2.05, 4.69) is 87.0 Å². The second-order valence-corrected chi connectivity index (χ2v) is 9.65. The zero-order valence-electron chi connectivity index (χ0n) is 19.5. The molecule has 2 atom stereocenters. The molecule has 33 heavy (non-hydrogen) atoms. The SMILES string of the molecule is C=CCOc1ccc(C2=NN3[C@H](C2)c2ccccc2O[C@@H]3c2ccc(C(C)(C)C)cc2)cc1. The van der Waals surface area contributed by atoms with Gasteiger partial charge in [-0.05, 0) is 46.9 Å². The lowest BCUT2D eigenvalue weighted by atomic mass is 9.86. The number of benzene rings is 3. The van der Waals surface area contributed by atoms with E-state index in [4.69, 9.17) is 14.6 Å². The number of ether oxygens (including phenoxy) is 2. The fourth-order valence-corrected chi connectivity index (χ4v) is 4.48. The Bertz CT molecular complexity index is 1170. The molecule has 2 aliphatic heterocycles. The molecule has 2 heterocycles. The van der Waals surface area contributed by atoms with Gasteiger partial charge in [0.1, 0.15) is 18.1 Å². The largest absolute Gasteiger partial charge is 0.490 e. The van der Waals surface area contributed by atoms with Gasteiger partial charge in [0.15, 0.2) is 0 Å². The Balaban J connectivity index is 1.48. The van der Waals surface area contributed by atoms with Crippen LogP contribution in [0.3, 0.4) is 0 Å². The van der Waals surface area contributed by atoms with Crippen molar-refractivity contribution in [1.29, 1.82) is 0 Å². The first-order chi connectivity index (χ1) is 15.9. The Morgan fingerprint density at radius 3 is 2.45 bits per heavy atom. The topological polar surface area (TPSA) is 34.1 Å². The average molecular weight is 439 g/mol. The molecule has 3 aromatic carbocycles. The minimum atomic E-state index is -0.258. The standard InChI is InChI=1S/C29H30N2O2/c1-5-18-32-23-16-12-20(13-17-23)25-19-26-24-8-6-7-9-27(24)33-28(31(26)30-25)21-10-14-22(15-11-21)29(2,3)4/h5-17,26,28H,1,18-19H2,2-4H3/t26-,28-/m1/s1. The third kappa shape index (κ3) is 4.13. The van der Waals surface area contributed by atoms with Crippen molar-refractivity contribution in [3.8, 4) is 11.5 Å². The minimum absolute atomic E-state index is 0.113. The maximum Gasteiger partial charge on any atom is 0.213 e. The number of hydrogen-bond donors (Lipinski definition) is 0. The number of para-hydroxylation sites is 1. The molecule has 0 N–H and O–H groups in total. The zero-order valence-corrected chi connectivity index (χ0v) is 19.5. The molecule has 2 aliphatic rings. The predicted octanol–water partition coefficient (Wildman–Crippen LogP) is 6.79. The van der Waals surface area contributed by atoms with Crippen molar-refractivity contribution >= 4 is 5.71 Å². The van der Waals surface area contributed by atoms with Gasteiger partial charge >= 0.3 is 0 Å². The number of hydrazone groups is 1. The fourth-order valence-electron chi connectivity index (χ4n) is 4.48. The van der Waals surface area contributed by atoms with Gasteiger partial charge in [0.2, 0.25) is 6.23 Å². The molecule has 168 valence electrons. The van der Waals surface area contributed by atoms with E-state index in [1.165, 1.54) is 11.1 Å². The van der Waals surface area contributed by atoms with Crippen LogP contribution in [0.1, 0.15) is 61.7 Å². The molecule has 0 saturated carbocycles. The maximum atomic E-state index is 6.49. The summed E-state index contributed by atoms with van der Waals surface area (Å²) in [5.41, 5.74) is 5.89. The van der Waals surface area contributed by atoms with Crippen molar-refractivity contribution in [3.63, 3.8) is 0 Å². The first kappa shape index (κ1) is 21.3. The lowest BCUT2D eigenvalue weighted by Crippen LogP contribution is -2.33. The van der Waals surface area contributed by atoms with Crippen molar-refractivity contribution in [2.24, 2.45) is 5.10 Å². The monoisotopic (exact) mass is 438 g/mol. The second kappa shape index (κ2) is 8.43. The summed E-state index contributed by atoms with van der Waals surface area (Å²) in [6.07, 6.45) is 2.33. The fraction of sp³-hybridized carbons (Fsp3) is 0.276. The molecule has 0 saturated heterocycles.